The van der Waals surface area contributed by atoms with Crippen molar-refractivity contribution in [3.63, 3.8) is 0 Å². The largest absolute Gasteiger partial charge is 0.291 e. The van der Waals surface area contributed by atoms with Crippen LogP contribution in [0.15, 0.2) is 54.6 Å². The lowest BCUT2D eigenvalue weighted by molar-refractivity contribution is -0.123. The number of likely N-dealkylation sites (tertiary alicyclic amines) is 1. The first kappa shape index (κ1) is 17.3. The summed E-state index contributed by atoms with van der Waals surface area (Å²) in [5.74, 6) is 0.287. The van der Waals surface area contributed by atoms with Crippen LogP contribution in [0.25, 0.3) is 0 Å². The molecule has 4 rings (SSSR count). The van der Waals surface area contributed by atoms with Crippen molar-refractivity contribution in [2.45, 2.75) is 31.2 Å². The number of amides is 2. The van der Waals surface area contributed by atoms with Gasteiger partial charge in [0.25, 0.3) is 5.91 Å². The maximum Gasteiger partial charge on any atom is 0.251 e. The SMILES string of the molecule is O=C1C[C@@H](N2CCC(c3ccccc3)CC2)C(=O)N1c1ccc(Cl)cc1. The first-order valence-electron chi connectivity index (χ1n) is 9.05. The first-order chi connectivity index (χ1) is 12.6. The molecule has 4 nitrogen and oxygen atoms in total. The van der Waals surface area contributed by atoms with Gasteiger partial charge < -0.3 is 0 Å². The molecule has 1 atom stereocenters. The lowest BCUT2D eigenvalue weighted by atomic mass is 9.89. The predicted octanol–water partition coefficient (Wildman–Crippen LogP) is 3.85. The van der Waals surface area contributed by atoms with Crippen LogP contribution in [0, 0.1) is 0 Å². The average Bonchev–Trinajstić information content (AvgIpc) is 2.98. The molecule has 2 aromatic rings. The van der Waals surface area contributed by atoms with Crippen molar-refractivity contribution >= 4 is 29.1 Å². The molecule has 0 spiro atoms. The fourth-order valence-corrected chi connectivity index (χ4v) is 4.16. The van der Waals surface area contributed by atoms with Gasteiger partial charge in [-0.3, -0.25) is 14.5 Å². The fourth-order valence-electron chi connectivity index (χ4n) is 4.03. The van der Waals surface area contributed by atoms with Gasteiger partial charge >= 0.3 is 0 Å². The molecule has 2 aliphatic heterocycles. The maximum absolute atomic E-state index is 12.9. The van der Waals surface area contributed by atoms with E-state index in [4.69, 9.17) is 11.6 Å². The van der Waals surface area contributed by atoms with E-state index in [0.717, 1.165) is 25.9 Å². The normalized spacial score (nSPS) is 22.2. The summed E-state index contributed by atoms with van der Waals surface area (Å²) in [6, 6.07) is 17.0. The highest BCUT2D eigenvalue weighted by atomic mass is 35.5. The summed E-state index contributed by atoms with van der Waals surface area (Å²) in [5, 5.41) is 0.590. The molecule has 0 aromatic heterocycles. The molecule has 2 heterocycles. The number of anilines is 1. The van der Waals surface area contributed by atoms with Crippen molar-refractivity contribution in [1.82, 2.24) is 4.90 Å². The Morgan fingerprint density at radius 2 is 1.54 bits per heavy atom. The number of carbonyl (C=O) groups excluding carboxylic acids is 2. The second-order valence-corrected chi connectivity index (χ2v) is 7.42. The second-order valence-electron chi connectivity index (χ2n) is 6.98. The van der Waals surface area contributed by atoms with Crippen molar-refractivity contribution in [3.8, 4) is 0 Å². The van der Waals surface area contributed by atoms with E-state index in [1.165, 1.54) is 10.5 Å². The van der Waals surface area contributed by atoms with E-state index in [1.807, 2.05) is 6.07 Å². The molecule has 2 saturated heterocycles. The molecular formula is C21H21ClN2O2. The Morgan fingerprint density at radius 1 is 0.885 bits per heavy atom. The van der Waals surface area contributed by atoms with Crippen LogP contribution in [0.4, 0.5) is 5.69 Å². The number of halogens is 1. The number of nitrogens with zero attached hydrogens (tertiary/aromatic N) is 2. The minimum atomic E-state index is -0.338. The molecule has 2 fully saturated rings. The third-order valence-corrected chi connectivity index (χ3v) is 5.70. The van der Waals surface area contributed by atoms with Gasteiger partial charge in [-0.25, -0.2) is 4.90 Å². The average molecular weight is 369 g/mol. The Kier molecular flexibility index (Phi) is 4.79. The zero-order valence-corrected chi connectivity index (χ0v) is 15.2. The highest BCUT2D eigenvalue weighted by molar-refractivity contribution is 6.30. The molecule has 5 heteroatoms. The van der Waals surface area contributed by atoms with Gasteiger partial charge in [0.1, 0.15) is 0 Å². The van der Waals surface area contributed by atoms with Gasteiger partial charge in [-0.2, -0.15) is 0 Å². The van der Waals surface area contributed by atoms with Gasteiger partial charge in [0.05, 0.1) is 18.2 Å². The van der Waals surface area contributed by atoms with E-state index in [0.29, 0.717) is 16.6 Å². The maximum atomic E-state index is 12.9. The van der Waals surface area contributed by atoms with Crippen molar-refractivity contribution in [2.75, 3.05) is 18.0 Å². The Bertz CT molecular complexity index is 799. The van der Waals surface area contributed by atoms with Crippen molar-refractivity contribution in [1.29, 1.82) is 0 Å². The zero-order chi connectivity index (χ0) is 18.1. The molecule has 0 bridgehead atoms. The summed E-state index contributed by atoms with van der Waals surface area (Å²) < 4.78 is 0. The van der Waals surface area contributed by atoms with E-state index in [-0.39, 0.29) is 24.3 Å². The minimum absolute atomic E-state index is 0.115. The van der Waals surface area contributed by atoms with Crippen LogP contribution in [0.2, 0.25) is 5.02 Å². The first-order valence-corrected chi connectivity index (χ1v) is 9.42. The van der Waals surface area contributed by atoms with Crippen molar-refractivity contribution in [3.05, 3.63) is 65.2 Å². The smallest absolute Gasteiger partial charge is 0.251 e. The number of imide groups is 1. The number of hydrogen-bond donors (Lipinski definition) is 0. The van der Waals surface area contributed by atoms with E-state index in [2.05, 4.69) is 29.2 Å². The number of carbonyl (C=O) groups is 2. The summed E-state index contributed by atoms with van der Waals surface area (Å²) in [7, 11) is 0. The molecule has 0 N–H and O–H groups in total. The topological polar surface area (TPSA) is 40.6 Å². The van der Waals surface area contributed by atoms with Crippen molar-refractivity contribution < 1.29 is 9.59 Å². The minimum Gasteiger partial charge on any atom is -0.291 e. The number of piperidine rings is 1. The fraction of sp³-hybridized carbons (Fsp3) is 0.333. The lowest BCUT2D eigenvalue weighted by Crippen LogP contribution is -2.45. The molecule has 2 amide bonds. The number of benzene rings is 2. The molecule has 134 valence electrons. The van der Waals surface area contributed by atoms with Crippen LogP contribution in [-0.4, -0.2) is 35.8 Å². The molecular weight excluding hydrogens is 348 g/mol. The molecule has 0 radical (unpaired) electrons. The molecule has 2 aromatic carbocycles. The van der Waals surface area contributed by atoms with Crippen LogP contribution < -0.4 is 4.90 Å². The monoisotopic (exact) mass is 368 g/mol. The van der Waals surface area contributed by atoms with Gasteiger partial charge in [-0.05, 0) is 61.7 Å². The van der Waals surface area contributed by atoms with E-state index in [1.54, 1.807) is 24.3 Å². The summed E-state index contributed by atoms with van der Waals surface area (Å²) in [4.78, 5) is 28.8. The summed E-state index contributed by atoms with van der Waals surface area (Å²) >= 11 is 5.91. The zero-order valence-electron chi connectivity index (χ0n) is 14.5. The van der Waals surface area contributed by atoms with Crippen molar-refractivity contribution in [2.24, 2.45) is 0 Å². The number of rotatable bonds is 3. The summed E-state index contributed by atoms with van der Waals surface area (Å²) in [6.07, 6.45) is 2.29. The van der Waals surface area contributed by atoms with Crippen LogP contribution in [0.3, 0.4) is 0 Å². The summed E-state index contributed by atoms with van der Waals surface area (Å²) in [5.41, 5.74) is 1.97. The molecule has 0 aliphatic carbocycles. The van der Waals surface area contributed by atoms with Gasteiger partial charge in [0.15, 0.2) is 0 Å². The molecule has 0 saturated carbocycles. The molecule has 2 aliphatic rings. The lowest BCUT2D eigenvalue weighted by Gasteiger charge is -2.35. The summed E-state index contributed by atoms with van der Waals surface area (Å²) in [6.45, 7) is 1.69. The highest BCUT2D eigenvalue weighted by Crippen LogP contribution is 2.32. The van der Waals surface area contributed by atoms with Crippen LogP contribution in [0.1, 0.15) is 30.7 Å². The van der Waals surface area contributed by atoms with Crippen LogP contribution >= 0.6 is 11.6 Å². The van der Waals surface area contributed by atoms with Crippen LogP contribution in [-0.2, 0) is 9.59 Å². The van der Waals surface area contributed by atoms with Gasteiger partial charge in [-0.1, -0.05) is 41.9 Å². The Balaban J connectivity index is 1.44. The van der Waals surface area contributed by atoms with Gasteiger partial charge in [-0.15, -0.1) is 0 Å². The molecule has 26 heavy (non-hydrogen) atoms. The predicted molar refractivity (Wildman–Crippen MR) is 102 cm³/mol. The Labute approximate surface area is 158 Å². The molecule has 0 unspecified atom stereocenters. The van der Waals surface area contributed by atoms with Gasteiger partial charge in [0.2, 0.25) is 5.91 Å². The third kappa shape index (κ3) is 3.27. The van der Waals surface area contributed by atoms with E-state index >= 15 is 0 Å². The van der Waals surface area contributed by atoms with E-state index < -0.39 is 0 Å². The second kappa shape index (κ2) is 7.22. The Morgan fingerprint density at radius 3 is 2.19 bits per heavy atom. The Hall–Kier alpha value is -2.17. The number of hydrogen-bond acceptors (Lipinski definition) is 3. The highest BCUT2D eigenvalue weighted by Gasteiger charge is 2.43. The standard InChI is InChI=1S/C21H21ClN2O2/c22-17-6-8-18(9-7-17)24-20(25)14-19(21(24)26)23-12-10-16(11-13-23)15-4-2-1-3-5-15/h1-9,16,19H,10-14H2/t19-/m1/s1. The van der Waals surface area contributed by atoms with Crippen LogP contribution in [0.5, 0.6) is 0 Å². The quantitative estimate of drug-likeness (QED) is 0.772. The third-order valence-electron chi connectivity index (χ3n) is 5.45. The van der Waals surface area contributed by atoms with Gasteiger partial charge in [0, 0.05) is 5.02 Å². The van der Waals surface area contributed by atoms with E-state index in [9.17, 15) is 9.59 Å².